The summed E-state index contributed by atoms with van der Waals surface area (Å²) in [5, 5.41) is 34.1. The molecule has 0 unspecified atom stereocenters. The number of rotatable bonds is 4. The number of nitrogens with zero attached hydrogens (tertiary/aromatic N) is 8. The van der Waals surface area contributed by atoms with E-state index in [1.807, 2.05) is 89.3 Å². The van der Waals surface area contributed by atoms with E-state index in [0.717, 1.165) is 159 Å². The predicted octanol–water partition coefficient (Wildman–Crippen LogP) is 26.5. The van der Waals surface area contributed by atoms with Crippen molar-refractivity contribution in [3.63, 3.8) is 0 Å². The molecule has 1 aliphatic heterocycles. The molecule has 0 saturated carbocycles. The quantitative estimate of drug-likeness (QED) is 0.126. The summed E-state index contributed by atoms with van der Waals surface area (Å²) in [6.45, 7) is 47.4. The molecule has 590 valence electrons. The zero-order valence-electron chi connectivity index (χ0n) is 71.4. The summed E-state index contributed by atoms with van der Waals surface area (Å²) in [5.41, 5.74) is 15.9. The van der Waals surface area contributed by atoms with Gasteiger partial charge in [0.15, 0.2) is 0 Å². The molecule has 0 atom stereocenters. The minimum absolute atomic E-state index is 0. The molecule has 115 heavy (non-hydrogen) atoms. The van der Waals surface area contributed by atoms with E-state index in [4.69, 9.17) is 39.9 Å². The predicted molar refractivity (Wildman–Crippen MR) is 484 cm³/mol. The van der Waals surface area contributed by atoms with Gasteiger partial charge in [0.25, 0.3) is 0 Å². The van der Waals surface area contributed by atoms with E-state index in [0.29, 0.717) is 0 Å². The van der Waals surface area contributed by atoms with Crippen LogP contribution in [0, 0.1) is 62.2 Å². The maximum atomic E-state index is 12.7. The first-order valence-electron chi connectivity index (χ1n) is 39.8. The smallest absolute Gasteiger partial charge is 0.872 e. The molecule has 0 aliphatic carbocycles. The molecule has 6 heterocycles. The van der Waals surface area contributed by atoms with Gasteiger partial charge in [0.2, 0.25) is 0 Å². The van der Waals surface area contributed by atoms with Crippen LogP contribution < -0.4 is 30.1 Å². The first-order valence-corrected chi connectivity index (χ1v) is 43.8. The van der Waals surface area contributed by atoms with E-state index in [1.54, 1.807) is 0 Å². The average molecular weight is 2030 g/mol. The molecule has 12 bridgehead atoms. The first-order chi connectivity index (χ1) is 53.4. The maximum absolute atomic E-state index is 12.7. The fourth-order valence-corrected chi connectivity index (χ4v) is 14.8. The van der Waals surface area contributed by atoms with E-state index >= 15 is 0 Å². The summed E-state index contributed by atoms with van der Waals surface area (Å²) in [4.78, 5) is 40.9. The molecule has 5 aromatic heterocycles. The van der Waals surface area contributed by atoms with Crippen LogP contribution in [0.2, 0.25) is 0 Å². The van der Waals surface area contributed by atoms with Crippen molar-refractivity contribution in [3.05, 3.63) is 285 Å². The van der Waals surface area contributed by atoms with Crippen molar-refractivity contribution in [2.24, 2.45) is 20.0 Å². The average Bonchev–Trinajstić information content (AvgIpc) is 1.69. The summed E-state index contributed by atoms with van der Waals surface area (Å²) in [5.74, 6) is 0.431. The van der Waals surface area contributed by atoms with Gasteiger partial charge < -0.3 is 30.1 Å². The van der Waals surface area contributed by atoms with E-state index < -0.39 is 0 Å². The van der Waals surface area contributed by atoms with Gasteiger partial charge in [-0.3, -0.25) is 20.0 Å². The molecular formula is C100H112N8O2S3U2. The largest absolute Gasteiger partial charge is 3.00 e. The molecular weight excluding hydrogens is 1920 g/mol. The minimum atomic E-state index is -0.366. The normalized spacial score (nSPS) is 13.5. The van der Waals surface area contributed by atoms with E-state index in [1.165, 1.54) is 11.1 Å². The third kappa shape index (κ3) is 21.6. The SMILES string of the molecule is CC(C)(C)c1cc(C(C)(C)C)c([O-])c(C(C)(C)C)c1.CC(C)(C)c1cc(C(C)(C)C)c([O-])c(C(C)(C)C)c1.CCC1(CC)c2ccc([n-]2)C=Nc2cccc3cc4cccc(c4cc23)N=Cc2ccc([n-]2)C(CC)(CC)c2ccc([n-]2)C=Nc2cccc3cc4cccc(c4cc23)N=Cc2ccc1[n-]2.[U+3].[U+3].c1ccccc1.s1ss1. The van der Waals surface area contributed by atoms with Gasteiger partial charge in [-0.05, 0) is 172 Å². The van der Waals surface area contributed by atoms with Crippen molar-refractivity contribution in [1.29, 1.82) is 0 Å². The van der Waals surface area contributed by atoms with Gasteiger partial charge in [0.05, 0.1) is 22.7 Å². The molecule has 9 aromatic carbocycles. The van der Waals surface area contributed by atoms with Crippen molar-refractivity contribution < 1.29 is 72.4 Å². The Labute approximate surface area is 741 Å². The van der Waals surface area contributed by atoms with Crippen LogP contribution >= 0.6 is 28.0 Å². The Morgan fingerprint density at radius 1 is 0.278 bits per heavy atom. The molecule has 14 aromatic rings. The van der Waals surface area contributed by atoms with Crippen molar-refractivity contribution >= 4 is 119 Å². The molecule has 0 fully saturated rings. The van der Waals surface area contributed by atoms with Gasteiger partial charge in [0, 0.05) is 74.4 Å². The molecule has 0 spiro atoms. The van der Waals surface area contributed by atoms with Crippen LogP contribution in [0.15, 0.2) is 226 Å². The van der Waals surface area contributed by atoms with Gasteiger partial charge in [-0.2, -0.15) is 22.8 Å². The second kappa shape index (κ2) is 37.4. The fraction of sp³-hybridized carbons (Fsp3) is 0.340. The number of hydrogen-bond donors (Lipinski definition) is 0. The zero-order valence-corrected chi connectivity index (χ0v) is 82.2. The van der Waals surface area contributed by atoms with Gasteiger partial charge in [-0.15, -0.1) is 34.3 Å². The standard InChI is InChI=1S/C58H48N8.2C18H30O.C6H6.S3.2U/c1-5-57(6-2)53-25-21-41(63-53)33-59-49-17-9-13-37-29-39-15-11-19-51(47(39)31-45(37)49)61-35-43-23-27-55(65-43)58(7-3,8-4)56-28-24-44(66-56)36-62-52-20-12-16-40-30-38-14-10-18-50(46(38)32-48(40)52)60-34-42-22-26-54(57)64-42;2*1-16(2,3)12-10-13(17(4,5)6)15(19)14(11-12)18(7,8)9;1-2-4-6-5-3-1;1-2-3-1;;/h9-36H,5-8H2,1-4H3;2*10-11,19H,1-9H3;1-6H;;;/q-4;;;;;2*+3/p-2. The molecule has 10 nitrogen and oxygen atoms in total. The molecule has 2 radical (unpaired) electrons. The van der Waals surface area contributed by atoms with E-state index in [-0.39, 0.29) is 117 Å². The molecule has 0 N–H and O–H groups in total. The summed E-state index contributed by atoms with van der Waals surface area (Å²) in [7, 11) is 5.50. The summed E-state index contributed by atoms with van der Waals surface area (Å²) < 4.78 is 0. The van der Waals surface area contributed by atoms with Crippen LogP contribution in [0.3, 0.4) is 0 Å². The Morgan fingerprint density at radius 2 is 0.496 bits per heavy atom. The van der Waals surface area contributed by atoms with Crippen molar-refractivity contribution in [3.8, 4) is 11.5 Å². The first kappa shape index (κ1) is 91.1. The van der Waals surface area contributed by atoms with Crippen LogP contribution in [0.5, 0.6) is 11.5 Å². The Balaban J connectivity index is 0.000000250. The van der Waals surface area contributed by atoms with Crippen LogP contribution in [-0.4, -0.2) is 24.9 Å². The molecule has 15 heteroatoms. The second-order valence-electron chi connectivity index (χ2n) is 36.0. The number of fused-ring (bicyclic) bond motifs is 8. The molecule has 0 amide bonds. The second-order valence-corrected chi connectivity index (χ2v) is 41.3. The van der Waals surface area contributed by atoms with Gasteiger partial charge in [-0.25, -0.2) is 0 Å². The number of aromatic nitrogens is 4. The van der Waals surface area contributed by atoms with Gasteiger partial charge in [0.1, 0.15) is 0 Å². The van der Waals surface area contributed by atoms with Crippen molar-refractivity contribution in [2.45, 2.75) is 221 Å². The van der Waals surface area contributed by atoms with Crippen LogP contribution in [-0.2, 0) is 43.3 Å². The topological polar surface area (TPSA) is 152 Å². The zero-order chi connectivity index (χ0) is 81.6. The fourth-order valence-electron chi connectivity index (χ4n) is 14.8. The van der Waals surface area contributed by atoms with Crippen molar-refractivity contribution in [1.82, 2.24) is 19.9 Å². The van der Waals surface area contributed by atoms with E-state index in [2.05, 4.69) is 322 Å². The third-order valence-electron chi connectivity index (χ3n) is 21.9. The Bertz CT molecular complexity index is 5040. The monoisotopic (exact) mass is 2030 g/mol. The van der Waals surface area contributed by atoms with Crippen LogP contribution in [0.1, 0.15) is 257 Å². The van der Waals surface area contributed by atoms with Crippen LogP contribution in [0.4, 0.5) is 22.7 Å². The summed E-state index contributed by atoms with van der Waals surface area (Å²) in [6, 6.07) is 71.1. The van der Waals surface area contributed by atoms with Gasteiger partial charge in [-0.1, -0.05) is 310 Å². The Morgan fingerprint density at radius 3 is 0.678 bits per heavy atom. The van der Waals surface area contributed by atoms with Crippen LogP contribution in [0.25, 0.3) is 43.1 Å². The molecule has 0 saturated heterocycles. The minimum Gasteiger partial charge on any atom is -0.872 e. The Kier molecular flexibility index (Phi) is 29.6. The number of aliphatic imine (C=N–C) groups is 4. The number of hydrogen-bond acceptors (Lipinski definition) is 9. The third-order valence-corrected chi connectivity index (χ3v) is 23.7. The maximum Gasteiger partial charge on any atom is 3.00 e. The number of benzene rings is 9. The van der Waals surface area contributed by atoms with E-state index in [9.17, 15) is 10.2 Å². The van der Waals surface area contributed by atoms with Crippen molar-refractivity contribution in [2.75, 3.05) is 0 Å². The summed E-state index contributed by atoms with van der Waals surface area (Å²) >= 11 is 0. The molecule has 1 aliphatic rings. The Hall–Kier alpha value is -7.82. The summed E-state index contributed by atoms with van der Waals surface area (Å²) in [6.07, 6.45) is 10.9. The van der Waals surface area contributed by atoms with Gasteiger partial charge >= 0.3 is 62.2 Å². The molecule has 15 rings (SSSR count).